The van der Waals surface area contributed by atoms with Crippen LogP contribution in [0.15, 0.2) is 4.99 Å². The predicted molar refractivity (Wildman–Crippen MR) is 43.0 cm³/mol. The number of aliphatic imine (C=N–C) groups is 1. The Hall–Kier alpha value is -1.06. The molecule has 0 bridgehead atoms. The Labute approximate surface area is 65.9 Å². The zero-order valence-electron chi connectivity index (χ0n) is 7.01. The van der Waals surface area contributed by atoms with Gasteiger partial charge >= 0.3 is 0 Å². The lowest BCUT2D eigenvalue weighted by Crippen LogP contribution is -2.37. The summed E-state index contributed by atoms with van der Waals surface area (Å²) in [5.74, 6) is 0.130. The Bertz CT molecular complexity index is 214. The minimum absolute atomic E-state index is 0.102. The largest absolute Gasteiger partial charge is 0.370 e. The molecule has 0 radical (unpaired) electrons. The third kappa shape index (κ3) is 1.50. The third-order valence-corrected chi connectivity index (χ3v) is 1.59. The van der Waals surface area contributed by atoms with E-state index in [-0.39, 0.29) is 23.3 Å². The van der Waals surface area contributed by atoms with Gasteiger partial charge in [-0.25, -0.2) is 4.99 Å². The van der Waals surface area contributed by atoms with Crippen molar-refractivity contribution in [2.75, 3.05) is 0 Å². The number of rotatable bonds is 0. The fraction of sp³-hybridized carbons (Fsp3) is 0.714. The summed E-state index contributed by atoms with van der Waals surface area (Å²) in [6, 6.07) is -0.331. The molecule has 0 saturated carbocycles. The number of carbonyl (C=O) groups is 1. The van der Waals surface area contributed by atoms with Gasteiger partial charge in [-0.2, -0.15) is 0 Å². The van der Waals surface area contributed by atoms with Crippen LogP contribution in [0.5, 0.6) is 0 Å². The molecule has 0 spiro atoms. The molecule has 1 aliphatic rings. The molecule has 0 saturated heterocycles. The molecule has 1 rings (SSSR count). The highest BCUT2D eigenvalue weighted by Crippen LogP contribution is 2.24. The first-order valence-corrected chi connectivity index (χ1v) is 3.55. The molecule has 0 aromatic heterocycles. The van der Waals surface area contributed by atoms with Crippen LogP contribution in [0.2, 0.25) is 0 Å². The maximum Gasteiger partial charge on any atom is 0.252 e. The highest BCUT2D eigenvalue weighted by Gasteiger charge is 2.35. The molecule has 1 unspecified atom stereocenters. The van der Waals surface area contributed by atoms with Crippen molar-refractivity contribution in [2.24, 2.45) is 16.1 Å². The minimum atomic E-state index is -0.331. The van der Waals surface area contributed by atoms with E-state index in [9.17, 15) is 4.79 Å². The molecule has 1 amide bonds. The number of guanidine groups is 1. The summed E-state index contributed by atoms with van der Waals surface area (Å²) < 4.78 is 0. The minimum Gasteiger partial charge on any atom is -0.370 e. The molecule has 11 heavy (non-hydrogen) atoms. The molecule has 1 atom stereocenters. The molecule has 0 aromatic carbocycles. The first-order chi connectivity index (χ1) is 4.91. The summed E-state index contributed by atoms with van der Waals surface area (Å²) in [5, 5.41) is 2.46. The molecular weight excluding hydrogens is 142 g/mol. The van der Waals surface area contributed by atoms with Crippen LogP contribution in [-0.2, 0) is 4.79 Å². The zero-order chi connectivity index (χ0) is 8.65. The lowest BCUT2D eigenvalue weighted by atomic mass is 9.87. The Balaban J connectivity index is 2.82. The number of hydrogen-bond acceptors (Lipinski definition) is 3. The molecule has 1 heterocycles. The number of amides is 1. The van der Waals surface area contributed by atoms with E-state index >= 15 is 0 Å². The van der Waals surface area contributed by atoms with Crippen LogP contribution < -0.4 is 11.1 Å². The first kappa shape index (κ1) is 8.04. The highest BCUT2D eigenvalue weighted by molar-refractivity contribution is 6.04. The Morgan fingerprint density at radius 2 is 2.09 bits per heavy atom. The number of hydrogen-bond donors (Lipinski definition) is 2. The van der Waals surface area contributed by atoms with Gasteiger partial charge < -0.3 is 5.73 Å². The van der Waals surface area contributed by atoms with E-state index in [0.717, 1.165) is 0 Å². The van der Waals surface area contributed by atoms with Gasteiger partial charge in [0.05, 0.1) is 0 Å². The summed E-state index contributed by atoms with van der Waals surface area (Å²) in [4.78, 5) is 15.1. The van der Waals surface area contributed by atoms with Gasteiger partial charge in [-0.3, -0.25) is 10.1 Å². The lowest BCUT2D eigenvalue weighted by molar-refractivity contribution is -0.122. The van der Waals surface area contributed by atoms with Gasteiger partial charge in [-0.05, 0) is 5.41 Å². The van der Waals surface area contributed by atoms with Crippen LogP contribution in [-0.4, -0.2) is 17.9 Å². The first-order valence-electron chi connectivity index (χ1n) is 3.55. The molecule has 4 heteroatoms. The second kappa shape index (κ2) is 2.22. The average molecular weight is 155 g/mol. The van der Waals surface area contributed by atoms with Crippen LogP contribution in [0.25, 0.3) is 0 Å². The standard InChI is InChI=1S/C7H13N3O/c1-7(2,3)4-5(11)10-6(8)9-4/h4H,1-3H3,(H3,8,9,10,11). The molecule has 0 fully saturated rings. The van der Waals surface area contributed by atoms with Crippen LogP contribution in [0.3, 0.4) is 0 Å². The highest BCUT2D eigenvalue weighted by atomic mass is 16.2. The van der Waals surface area contributed by atoms with Gasteiger partial charge in [0.15, 0.2) is 5.96 Å². The van der Waals surface area contributed by atoms with E-state index in [0.29, 0.717) is 0 Å². The Morgan fingerprint density at radius 1 is 1.55 bits per heavy atom. The van der Waals surface area contributed by atoms with Crippen LogP contribution in [0.1, 0.15) is 20.8 Å². The van der Waals surface area contributed by atoms with E-state index < -0.39 is 0 Å². The summed E-state index contributed by atoms with van der Waals surface area (Å²) in [7, 11) is 0. The normalized spacial score (nSPS) is 24.8. The van der Waals surface area contributed by atoms with E-state index in [1.54, 1.807) is 0 Å². The van der Waals surface area contributed by atoms with Crippen molar-refractivity contribution in [3.63, 3.8) is 0 Å². The summed E-state index contributed by atoms with van der Waals surface area (Å²) >= 11 is 0. The fourth-order valence-corrected chi connectivity index (χ4v) is 1.01. The van der Waals surface area contributed by atoms with Crippen LogP contribution >= 0.6 is 0 Å². The second-order valence-electron chi connectivity index (χ2n) is 3.77. The SMILES string of the molecule is CC(C)(C)C1N=C(N)NC1=O. The Kier molecular flexibility index (Phi) is 1.62. The van der Waals surface area contributed by atoms with Gasteiger partial charge in [0.1, 0.15) is 6.04 Å². The van der Waals surface area contributed by atoms with E-state index in [1.165, 1.54) is 0 Å². The van der Waals surface area contributed by atoms with Crippen molar-refractivity contribution in [3.8, 4) is 0 Å². The summed E-state index contributed by atoms with van der Waals surface area (Å²) in [6.45, 7) is 5.87. The maximum atomic E-state index is 11.1. The second-order valence-corrected chi connectivity index (χ2v) is 3.77. The van der Waals surface area contributed by atoms with Crippen molar-refractivity contribution in [3.05, 3.63) is 0 Å². The van der Waals surface area contributed by atoms with Crippen LogP contribution in [0.4, 0.5) is 0 Å². The van der Waals surface area contributed by atoms with Gasteiger partial charge in [0, 0.05) is 0 Å². The fourth-order valence-electron chi connectivity index (χ4n) is 1.01. The maximum absolute atomic E-state index is 11.1. The quantitative estimate of drug-likeness (QED) is 0.510. The third-order valence-electron chi connectivity index (χ3n) is 1.59. The number of carbonyl (C=O) groups excluding carboxylic acids is 1. The van der Waals surface area contributed by atoms with E-state index in [4.69, 9.17) is 5.73 Å². The topological polar surface area (TPSA) is 67.5 Å². The number of nitrogens with two attached hydrogens (primary N) is 1. The molecule has 0 aliphatic carbocycles. The average Bonchev–Trinajstić information content (AvgIpc) is 2.08. The molecule has 0 aromatic rings. The number of nitrogens with zero attached hydrogens (tertiary/aromatic N) is 1. The van der Waals surface area contributed by atoms with Gasteiger partial charge in [-0.15, -0.1) is 0 Å². The van der Waals surface area contributed by atoms with Gasteiger partial charge in [0.25, 0.3) is 5.91 Å². The number of nitrogens with one attached hydrogen (secondary N) is 1. The smallest absolute Gasteiger partial charge is 0.252 e. The van der Waals surface area contributed by atoms with Crippen molar-refractivity contribution in [2.45, 2.75) is 26.8 Å². The molecular formula is C7H13N3O. The van der Waals surface area contributed by atoms with Crippen molar-refractivity contribution in [1.29, 1.82) is 0 Å². The monoisotopic (exact) mass is 155 g/mol. The molecule has 3 N–H and O–H groups in total. The van der Waals surface area contributed by atoms with Crippen molar-refractivity contribution < 1.29 is 4.79 Å². The van der Waals surface area contributed by atoms with E-state index in [1.807, 2.05) is 20.8 Å². The summed E-state index contributed by atoms with van der Waals surface area (Å²) in [5.41, 5.74) is 5.18. The van der Waals surface area contributed by atoms with Crippen molar-refractivity contribution in [1.82, 2.24) is 5.32 Å². The lowest BCUT2D eigenvalue weighted by Gasteiger charge is -2.21. The predicted octanol–water partition coefficient (Wildman–Crippen LogP) is -0.154. The summed E-state index contributed by atoms with van der Waals surface area (Å²) in [6.07, 6.45) is 0. The molecule has 4 nitrogen and oxygen atoms in total. The zero-order valence-corrected chi connectivity index (χ0v) is 7.01. The van der Waals surface area contributed by atoms with Gasteiger partial charge in [-0.1, -0.05) is 20.8 Å². The van der Waals surface area contributed by atoms with Crippen molar-refractivity contribution >= 4 is 11.9 Å². The molecule has 62 valence electrons. The van der Waals surface area contributed by atoms with Crippen LogP contribution in [0, 0.1) is 5.41 Å². The van der Waals surface area contributed by atoms with Gasteiger partial charge in [0.2, 0.25) is 0 Å². The Morgan fingerprint density at radius 3 is 2.27 bits per heavy atom. The molecule has 1 aliphatic heterocycles. The van der Waals surface area contributed by atoms with E-state index in [2.05, 4.69) is 10.3 Å².